The van der Waals surface area contributed by atoms with Crippen LogP contribution in [0, 0.1) is 0 Å². The summed E-state index contributed by atoms with van der Waals surface area (Å²) >= 11 is 5.88. The minimum atomic E-state index is 0.594. The lowest BCUT2D eigenvalue weighted by Gasteiger charge is -2.30. The highest BCUT2D eigenvalue weighted by atomic mass is 35.5. The fourth-order valence-electron chi connectivity index (χ4n) is 2.47. The van der Waals surface area contributed by atoms with Crippen molar-refractivity contribution in [3.05, 3.63) is 58.6 Å². The van der Waals surface area contributed by atoms with Crippen LogP contribution >= 0.6 is 11.6 Å². The molecule has 0 fully saturated rings. The quantitative estimate of drug-likeness (QED) is 0.825. The molecule has 92 valence electrons. The topological polar surface area (TPSA) is 38.0 Å². The first-order chi connectivity index (χ1) is 8.74. The summed E-state index contributed by atoms with van der Waals surface area (Å²) in [4.78, 5) is 0. The van der Waals surface area contributed by atoms with Gasteiger partial charge in [-0.2, -0.15) is 0 Å². The maximum absolute atomic E-state index is 5.91. The molecule has 2 nitrogen and oxygen atoms in total. The molecule has 0 bridgehead atoms. The Morgan fingerprint density at radius 2 is 2.06 bits per heavy atom. The van der Waals surface area contributed by atoms with Crippen molar-refractivity contribution in [1.29, 1.82) is 0 Å². The van der Waals surface area contributed by atoms with E-state index < -0.39 is 0 Å². The van der Waals surface area contributed by atoms with Gasteiger partial charge in [0.15, 0.2) is 0 Å². The van der Waals surface area contributed by atoms with E-state index in [1.807, 2.05) is 12.1 Å². The van der Waals surface area contributed by atoms with Gasteiger partial charge in [0.2, 0.25) is 0 Å². The molecule has 1 unspecified atom stereocenters. The molecule has 0 radical (unpaired) electrons. The predicted octanol–water partition coefficient (Wildman–Crippen LogP) is 3.67. The highest BCUT2D eigenvalue weighted by Crippen LogP contribution is 2.35. The van der Waals surface area contributed by atoms with Crippen molar-refractivity contribution in [1.82, 2.24) is 0 Å². The lowest BCUT2D eigenvalue weighted by Crippen LogP contribution is -2.24. The molecule has 0 saturated carbocycles. The van der Waals surface area contributed by atoms with E-state index in [0.717, 1.165) is 18.7 Å². The fraction of sp³-hybridized carbons (Fsp3) is 0.200. The number of fused-ring (bicyclic) bond motifs is 1. The number of rotatable bonds is 3. The van der Waals surface area contributed by atoms with Crippen molar-refractivity contribution in [2.75, 3.05) is 17.6 Å². The second-order valence-corrected chi connectivity index (χ2v) is 5.15. The van der Waals surface area contributed by atoms with E-state index in [0.29, 0.717) is 16.6 Å². The first-order valence-electron chi connectivity index (χ1n) is 6.11. The van der Waals surface area contributed by atoms with Gasteiger partial charge in [0.25, 0.3) is 0 Å². The Balaban J connectivity index is 1.66. The van der Waals surface area contributed by atoms with Gasteiger partial charge in [-0.3, -0.25) is 0 Å². The van der Waals surface area contributed by atoms with Crippen molar-refractivity contribution in [2.45, 2.75) is 12.3 Å². The second-order valence-electron chi connectivity index (χ2n) is 4.71. The number of nitrogens with one attached hydrogen (secondary N) is 1. The highest BCUT2D eigenvalue weighted by Gasteiger charge is 2.24. The Morgan fingerprint density at radius 1 is 1.22 bits per heavy atom. The summed E-state index contributed by atoms with van der Waals surface area (Å²) in [5, 5.41) is 4.07. The number of anilines is 2. The molecule has 3 rings (SSSR count). The number of hydrogen-bond donors (Lipinski definition) is 2. The number of nitrogen functional groups attached to an aromatic ring is 1. The molecule has 18 heavy (non-hydrogen) atoms. The van der Waals surface area contributed by atoms with Gasteiger partial charge in [-0.25, -0.2) is 0 Å². The summed E-state index contributed by atoms with van der Waals surface area (Å²) < 4.78 is 0. The van der Waals surface area contributed by atoms with Gasteiger partial charge in [-0.05, 0) is 35.7 Å². The van der Waals surface area contributed by atoms with Gasteiger partial charge < -0.3 is 11.1 Å². The zero-order valence-electron chi connectivity index (χ0n) is 9.99. The Kier molecular flexibility index (Phi) is 2.88. The van der Waals surface area contributed by atoms with Gasteiger partial charge >= 0.3 is 0 Å². The molecule has 1 aliphatic carbocycles. The molecule has 0 saturated heterocycles. The summed E-state index contributed by atoms with van der Waals surface area (Å²) in [5.41, 5.74) is 10.5. The van der Waals surface area contributed by atoms with Crippen LogP contribution < -0.4 is 11.1 Å². The largest absolute Gasteiger partial charge is 0.397 e. The molecule has 0 amide bonds. The van der Waals surface area contributed by atoms with E-state index >= 15 is 0 Å². The molecule has 0 aromatic heterocycles. The van der Waals surface area contributed by atoms with Crippen LogP contribution in [0.4, 0.5) is 11.4 Å². The Morgan fingerprint density at radius 3 is 2.83 bits per heavy atom. The Labute approximate surface area is 112 Å². The van der Waals surface area contributed by atoms with Gasteiger partial charge in [0, 0.05) is 17.5 Å². The lowest BCUT2D eigenvalue weighted by molar-refractivity contribution is 0.636. The number of halogens is 1. The zero-order chi connectivity index (χ0) is 12.5. The Hall–Kier alpha value is -1.67. The molecule has 3 N–H and O–H groups in total. The van der Waals surface area contributed by atoms with Crippen LogP contribution in [-0.2, 0) is 6.42 Å². The predicted molar refractivity (Wildman–Crippen MR) is 77.2 cm³/mol. The van der Waals surface area contributed by atoms with Crippen LogP contribution in [0.1, 0.15) is 17.0 Å². The van der Waals surface area contributed by atoms with Crippen molar-refractivity contribution in [2.24, 2.45) is 0 Å². The Bertz CT molecular complexity index is 580. The molecule has 2 aromatic carbocycles. The molecule has 3 heteroatoms. The normalized spacial score (nSPS) is 16.8. The van der Waals surface area contributed by atoms with Gasteiger partial charge in [-0.15, -0.1) is 0 Å². The summed E-state index contributed by atoms with van der Waals surface area (Å²) in [6.45, 7) is 0.919. The van der Waals surface area contributed by atoms with Crippen molar-refractivity contribution in [3.8, 4) is 0 Å². The molecule has 1 atom stereocenters. The lowest BCUT2D eigenvalue weighted by atomic mass is 9.77. The van der Waals surface area contributed by atoms with Crippen LogP contribution in [0.15, 0.2) is 42.5 Å². The third kappa shape index (κ3) is 2.04. The van der Waals surface area contributed by atoms with Crippen LogP contribution in [-0.4, -0.2) is 6.54 Å². The highest BCUT2D eigenvalue weighted by molar-refractivity contribution is 6.31. The molecule has 1 aliphatic rings. The minimum absolute atomic E-state index is 0.594. The van der Waals surface area contributed by atoms with E-state index in [1.165, 1.54) is 11.1 Å². The summed E-state index contributed by atoms with van der Waals surface area (Å²) in [7, 11) is 0. The van der Waals surface area contributed by atoms with E-state index in [1.54, 1.807) is 6.07 Å². The van der Waals surface area contributed by atoms with Crippen LogP contribution in [0.5, 0.6) is 0 Å². The monoisotopic (exact) mass is 258 g/mol. The summed E-state index contributed by atoms with van der Waals surface area (Å²) in [6, 6.07) is 14.2. The van der Waals surface area contributed by atoms with Crippen molar-refractivity contribution < 1.29 is 0 Å². The minimum Gasteiger partial charge on any atom is -0.397 e. The van der Waals surface area contributed by atoms with E-state index in [4.69, 9.17) is 17.3 Å². The van der Waals surface area contributed by atoms with Gasteiger partial charge in [-0.1, -0.05) is 35.9 Å². The first kappa shape index (κ1) is 11.4. The van der Waals surface area contributed by atoms with Crippen LogP contribution in [0.25, 0.3) is 0 Å². The number of benzene rings is 2. The van der Waals surface area contributed by atoms with E-state index in [2.05, 4.69) is 29.6 Å². The smallest absolute Gasteiger partial charge is 0.0575 e. The van der Waals surface area contributed by atoms with Crippen molar-refractivity contribution >= 4 is 23.0 Å². The maximum Gasteiger partial charge on any atom is 0.0575 e. The third-order valence-corrected chi connectivity index (χ3v) is 3.75. The number of nitrogens with two attached hydrogens (primary N) is 1. The standard InChI is InChI=1S/C15H15ClN2/c16-12-5-6-15(14(17)8-12)18-9-11-7-10-3-1-2-4-13(10)11/h1-6,8,11,18H,7,9,17H2. The SMILES string of the molecule is Nc1cc(Cl)ccc1NCC1Cc2ccccc21. The van der Waals surface area contributed by atoms with E-state index in [9.17, 15) is 0 Å². The average molecular weight is 259 g/mol. The fourth-order valence-corrected chi connectivity index (χ4v) is 2.65. The molecular formula is C15H15ClN2. The summed E-state index contributed by atoms with van der Waals surface area (Å²) in [5.74, 6) is 0.594. The maximum atomic E-state index is 5.91. The molecule has 2 aromatic rings. The second kappa shape index (κ2) is 4.54. The molecule has 0 aliphatic heterocycles. The third-order valence-electron chi connectivity index (χ3n) is 3.51. The molecule has 0 heterocycles. The van der Waals surface area contributed by atoms with Gasteiger partial charge in [0.05, 0.1) is 11.4 Å². The zero-order valence-corrected chi connectivity index (χ0v) is 10.7. The van der Waals surface area contributed by atoms with Crippen LogP contribution in [0.3, 0.4) is 0 Å². The molecule has 0 spiro atoms. The average Bonchev–Trinajstić information content (AvgIpc) is 2.33. The number of hydrogen-bond acceptors (Lipinski definition) is 2. The summed E-state index contributed by atoms with van der Waals surface area (Å²) in [6.07, 6.45) is 1.15. The van der Waals surface area contributed by atoms with Gasteiger partial charge in [0.1, 0.15) is 0 Å². The molecular weight excluding hydrogens is 244 g/mol. The van der Waals surface area contributed by atoms with E-state index in [-0.39, 0.29) is 0 Å². The van der Waals surface area contributed by atoms with Crippen LogP contribution in [0.2, 0.25) is 5.02 Å². The first-order valence-corrected chi connectivity index (χ1v) is 6.48. The van der Waals surface area contributed by atoms with Crippen molar-refractivity contribution in [3.63, 3.8) is 0 Å².